The zero-order chi connectivity index (χ0) is 13.9. The van der Waals surface area contributed by atoms with Crippen molar-refractivity contribution < 1.29 is 9.53 Å². The Balaban J connectivity index is 1.84. The minimum Gasteiger partial charge on any atom is -0.444 e. The predicted molar refractivity (Wildman–Crippen MR) is 76.6 cm³/mol. The Morgan fingerprint density at radius 3 is 2.95 bits per heavy atom. The maximum absolute atomic E-state index is 11.5. The van der Waals surface area contributed by atoms with Crippen molar-refractivity contribution in [1.82, 2.24) is 5.32 Å². The second-order valence-electron chi connectivity index (χ2n) is 5.80. The van der Waals surface area contributed by atoms with Gasteiger partial charge in [0.2, 0.25) is 0 Å². The van der Waals surface area contributed by atoms with Crippen LogP contribution >= 0.6 is 0 Å². The summed E-state index contributed by atoms with van der Waals surface area (Å²) < 4.78 is 5.21. The molecule has 0 saturated carbocycles. The standard InChI is InChI=1S/C15H22N2O2/c1-15(2,3)19-14(18)17-9-7-11-5-4-6-13-12(11)8-10-16-13/h4-6,16H,7-10H2,1-3H3,(H,17,18). The van der Waals surface area contributed by atoms with Crippen molar-refractivity contribution in [2.45, 2.75) is 39.2 Å². The second kappa shape index (κ2) is 5.51. The molecule has 2 N–H and O–H groups in total. The lowest BCUT2D eigenvalue weighted by Gasteiger charge is -2.19. The van der Waals surface area contributed by atoms with E-state index in [0.29, 0.717) is 6.54 Å². The van der Waals surface area contributed by atoms with Crippen LogP contribution < -0.4 is 10.6 Å². The summed E-state index contributed by atoms with van der Waals surface area (Å²) >= 11 is 0. The number of carbonyl (C=O) groups is 1. The first-order valence-electron chi connectivity index (χ1n) is 6.77. The molecule has 0 radical (unpaired) electrons. The summed E-state index contributed by atoms with van der Waals surface area (Å²) in [6.45, 7) is 7.20. The Labute approximate surface area is 114 Å². The number of benzene rings is 1. The quantitative estimate of drug-likeness (QED) is 0.880. The molecular formula is C15H22N2O2. The van der Waals surface area contributed by atoms with E-state index in [4.69, 9.17) is 4.74 Å². The fourth-order valence-electron chi connectivity index (χ4n) is 2.27. The third kappa shape index (κ3) is 3.88. The summed E-state index contributed by atoms with van der Waals surface area (Å²) in [4.78, 5) is 11.5. The molecular weight excluding hydrogens is 240 g/mol. The highest BCUT2D eigenvalue weighted by molar-refractivity contribution is 5.67. The number of alkyl carbamates (subject to hydrolysis) is 1. The van der Waals surface area contributed by atoms with Crippen LogP contribution in [0.2, 0.25) is 0 Å². The van der Waals surface area contributed by atoms with Crippen LogP contribution in [0.15, 0.2) is 18.2 Å². The molecule has 4 heteroatoms. The second-order valence-corrected chi connectivity index (χ2v) is 5.80. The van der Waals surface area contributed by atoms with Gasteiger partial charge in [-0.1, -0.05) is 12.1 Å². The van der Waals surface area contributed by atoms with Crippen molar-refractivity contribution in [3.8, 4) is 0 Å². The fraction of sp³-hybridized carbons (Fsp3) is 0.533. The van der Waals surface area contributed by atoms with E-state index in [1.807, 2.05) is 20.8 Å². The van der Waals surface area contributed by atoms with Gasteiger partial charge in [-0.25, -0.2) is 4.79 Å². The van der Waals surface area contributed by atoms with E-state index in [1.54, 1.807) is 0 Å². The Morgan fingerprint density at radius 1 is 1.42 bits per heavy atom. The summed E-state index contributed by atoms with van der Waals surface area (Å²) in [7, 11) is 0. The van der Waals surface area contributed by atoms with Gasteiger partial charge < -0.3 is 15.4 Å². The van der Waals surface area contributed by atoms with Gasteiger partial charge in [0.25, 0.3) is 0 Å². The number of rotatable bonds is 3. The molecule has 0 unspecified atom stereocenters. The molecule has 0 bridgehead atoms. The minimum atomic E-state index is -0.442. The maximum atomic E-state index is 11.5. The third-order valence-electron chi connectivity index (χ3n) is 3.03. The molecule has 0 atom stereocenters. The lowest BCUT2D eigenvalue weighted by molar-refractivity contribution is 0.0528. The number of amides is 1. The van der Waals surface area contributed by atoms with Gasteiger partial charge >= 0.3 is 6.09 Å². The molecule has 1 aliphatic heterocycles. The summed E-state index contributed by atoms with van der Waals surface area (Å²) in [5.41, 5.74) is 3.48. The summed E-state index contributed by atoms with van der Waals surface area (Å²) in [5.74, 6) is 0. The normalized spacial score (nSPS) is 13.6. The van der Waals surface area contributed by atoms with Gasteiger partial charge in [-0.3, -0.25) is 0 Å². The number of hydrogen-bond donors (Lipinski definition) is 2. The van der Waals surface area contributed by atoms with Crippen LogP contribution in [0.1, 0.15) is 31.9 Å². The molecule has 1 aromatic carbocycles. The molecule has 4 nitrogen and oxygen atoms in total. The monoisotopic (exact) mass is 262 g/mol. The fourth-order valence-corrected chi connectivity index (χ4v) is 2.27. The predicted octanol–water partition coefficient (Wildman–Crippen LogP) is 2.72. The molecule has 0 aliphatic carbocycles. The number of carbonyl (C=O) groups excluding carboxylic acids is 1. The molecule has 19 heavy (non-hydrogen) atoms. The summed E-state index contributed by atoms with van der Waals surface area (Å²) in [5, 5.41) is 6.16. The van der Waals surface area contributed by atoms with Gasteiger partial charge in [0.05, 0.1) is 0 Å². The Bertz CT molecular complexity index is 464. The van der Waals surface area contributed by atoms with E-state index in [-0.39, 0.29) is 6.09 Å². The van der Waals surface area contributed by atoms with Gasteiger partial charge in [0.15, 0.2) is 0 Å². The number of fused-ring (bicyclic) bond motifs is 1. The Morgan fingerprint density at radius 2 is 2.21 bits per heavy atom. The van der Waals surface area contributed by atoms with E-state index in [9.17, 15) is 4.79 Å². The highest BCUT2D eigenvalue weighted by Gasteiger charge is 2.16. The van der Waals surface area contributed by atoms with E-state index < -0.39 is 5.60 Å². The highest BCUT2D eigenvalue weighted by Crippen LogP contribution is 2.25. The van der Waals surface area contributed by atoms with Crippen molar-refractivity contribution in [3.63, 3.8) is 0 Å². The molecule has 0 saturated heterocycles. The lowest BCUT2D eigenvalue weighted by atomic mass is 10.0. The van der Waals surface area contributed by atoms with E-state index in [0.717, 1.165) is 19.4 Å². The highest BCUT2D eigenvalue weighted by atomic mass is 16.6. The van der Waals surface area contributed by atoms with Gasteiger partial charge in [-0.15, -0.1) is 0 Å². The van der Waals surface area contributed by atoms with Crippen LogP contribution in [-0.2, 0) is 17.6 Å². The average Bonchev–Trinajstić information content (AvgIpc) is 2.75. The third-order valence-corrected chi connectivity index (χ3v) is 3.03. The van der Waals surface area contributed by atoms with Gasteiger partial charge in [-0.05, 0) is 50.8 Å². The molecule has 0 spiro atoms. The number of ether oxygens (including phenoxy) is 1. The van der Waals surface area contributed by atoms with Crippen LogP contribution in [0, 0.1) is 0 Å². The molecule has 1 aromatic rings. The number of nitrogens with one attached hydrogen (secondary N) is 2. The molecule has 1 heterocycles. The topological polar surface area (TPSA) is 50.4 Å². The van der Waals surface area contributed by atoms with Crippen molar-refractivity contribution in [1.29, 1.82) is 0 Å². The van der Waals surface area contributed by atoms with E-state index in [1.165, 1.54) is 16.8 Å². The van der Waals surface area contributed by atoms with Gasteiger partial charge in [0, 0.05) is 18.8 Å². The molecule has 1 aliphatic rings. The zero-order valence-electron chi connectivity index (χ0n) is 11.9. The van der Waals surface area contributed by atoms with E-state index in [2.05, 4.69) is 28.8 Å². The zero-order valence-corrected chi connectivity index (χ0v) is 11.9. The maximum Gasteiger partial charge on any atom is 0.407 e. The van der Waals surface area contributed by atoms with Crippen molar-refractivity contribution >= 4 is 11.8 Å². The van der Waals surface area contributed by atoms with Crippen LogP contribution in [-0.4, -0.2) is 24.8 Å². The van der Waals surface area contributed by atoms with Crippen molar-refractivity contribution in [2.75, 3.05) is 18.4 Å². The first-order chi connectivity index (χ1) is 8.96. The van der Waals surface area contributed by atoms with Crippen LogP contribution in [0.25, 0.3) is 0 Å². The first-order valence-corrected chi connectivity index (χ1v) is 6.77. The molecule has 0 aromatic heterocycles. The van der Waals surface area contributed by atoms with Gasteiger partial charge in [0.1, 0.15) is 5.60 Å². The summed E-state index contributed by atoms with van der Waals surface area (Å²) in [6, 6.07) is 6.29. The smallest absolute Gasteiger partial charge is 0.407 e. The Hall–Kier alpha value is -1.71. The molecule has 1 amide bonds. The lowest BCUT2D eigenvalue weighted by Crippen LogP contribution is -2.33. The molecule has 2 rings (SSSR count). The van der Waals surface area contributed by atoms with Crippen LogP contribution in [0.3, 0.4) is 0 Å². The largest absolute Gasteiger partial charge is 0.444 e. The molecule has 0 fully saturated rings. The van der Waals surface area contributed by atoms with Crippen molar-refractivity contribution in [2.24, 2.45) is 0 Å². The number of hydrogen-bond acceptors (Lipinski definition) is 3. The van der Waals surface area contributed by atoms with E-state index >= 15 is 0 Å². The average molecular weight is 262 g/mol. The molecule has 104 valence electrons. The summed E-state index contributed by atoms with van der Waals surface area (Å²) in [6.07, 6.45) is 1.56. The SMILES string of the molecule is CC(C)(C)OC(=O)NCCc1cccc2c1CCN2. The first kappa shape index (κ1) is 13.7. The minimum absolute atomic E-state index is 0.349. The Kier molecular flexibility index (Phi) is 3.98. The number of anilines is 1. The van der Waals surface area contributed by atoms with Crippen LogP contribution in [0.5, 0.6) is 0 Å². The van der Waals surface area contributed by atoms with Gasteiger partial charge in [-0.2, -0.15) is 0 Å². The van der Waals surface area contributed by atoms with Crippen LogP contribution in [0.4, 0.5) is 10.5 Å². The van der Waals surface area contributed by atoms with Crippen molar-refractivity contribution in [3.05, 3.63) is 29.3 Å².